The second-order valence-corrected chi connectivity index (χ2v) is 9.71. The molecule has 18 heavy (non-hydrogen) atoms. The van der Waals surface area contributed by atoms with Gasteiger partial charge in [0.25, 0.3) is 0 Å². The molecule has 0 heterocycles. The molecule has 0 aliphatic rings. The van der Waals surface area contributed by atoms with Gasteiger partial charge < -0.3 is 9.47 Å². The van der Waals surface area contributed by atoms with Gasteiger partial charge in [0.05, 0.1) is 7.11 Å². The van der Waals surface area contributed by atoms with Crippen LogP contribution in [0.15, 0.2) is 18.2 Å². The number of methoxy groups -OCH3 is 1. The lowest BCUT2D eigenvalue weighted by Gasteiger charge is -2.08. The SMILES string of the molecule is COc1ccc(C#C[Si](C)(C)C)cc1OC(C)=O. The number of carbonyl (C=O) groups is 1. The lowest BCUT2D eigenvalue weighted by atomic mass is 10.2. The summed E-state index contributed by atoms with van der Waals surface area (Å²) in [6.07, 6.45) is 0. The predicted molar refractivity (Wildman–Crippen MR) is 74.5 cm³/mol. The molecular formula is C14H18O3Si. The van der Waals surface area contributed by atoms with Crippen molar-refractivity contribution in [3.05, 3.63) is 23.8 Å². The van der Waals surface area contributed by atoms with Crippen LogP contribution in [0.2, 0.25) is 19.6 Å². The summed E-state index contributed by atoms with van der Waals surface area (Å²) in [7, 11) is 0.126. The van der Waals surface area contributed by atoms with Crippen molar-refractivity contribution in [3.63, 3.8) is 0 Å². The molecule has 0 bridgehead atoms. The fraction of sp³-hybridized carbons (Fsp3) is 0.357. The van der Waals surface area contributed by atoms with E-state index in [0.717, 1.165) is 5.56 Å². The molecular weight excluding hydrogens is 244 g/mol. The first-order valence-corrected chi connectivity index (χ1v) is 9.21. The molecule has 3 nitrogen and oxygen atoms in total. The first-order chi connectivity index (χ1) is 8.31. The van der Waals surface area contributed by atoms with Crippen molar-refractivity contribution in [2.75, 3.05) is 7.11 Å². The van der Waals surface area contributed by atoms with E-state index in [2.05, 4.69) is 31.1 Å². The first kappa shape index (κ1) is 14.3. The average Bonchev–Trinajstić information content (AvgIpc) is 2.25. The van der Waals surface area contributed by atoms with E-state index in [1.54, 1.807) is 12.1 Å². The van der Waals surface area contributed by atoms with Crippen LogP contribution in [0.25, 0.3) is 0 Å². The smallest absolute Gasteiger partial charge is 0.308 e. The molecule has 0 spiro atoms. The summed E-state index contributed by atoms with van der Waals surface area (Å²) < 4.78 is 10.2. The van der Waals surface area contributed by atoms with Crippen molar-refractivity contribution >= 4 is 14.0 Å². The minimum Gasteiger partial charge on any atom is -0.493 e. The molecule has 4 heteroatoms. The quantitative estimate of drug-likeness (QED) is 0.356. The molecule has 96 valence electrons. The third-order valence-corrected chi connectivity index (χ3v) is 2.87. The van der Waals surface area contributed by atoms with Crippen molar-refractivity contribution in [2.24, 2.45) is 0 Å². The highest BCUT2D eigenvalue weighted by Gasteiger charge is 2.09. The van der Waals surface area contributed by atoms with Crippen molar-refractivity contribution in [1.82, 2.24) is 0 Å². The first-order valence-electron chi connectivity index (χ1n) is 5.71. The third-order valence-electron chi connectivity index (χ3n) is 2.00. The van der Waals surface area contributed by atoms with Gasteiger partial charge in [-0.2, -0.15) is 0 Å². The summed E-state index contributed by atoms with van der Waals surface area (Å²) in [6.45, 7) is 7.89. The van der Waals surface area contributed by atoms with E-state index in [4.69, 9.17) is 9.47 Å². The van der Waals surface area contributed by atoms with Gasteiger partial charge in [-0.05, 0) is 12.1 Å². The largest absolute Gasteiger partial charge is 0.493 e. The maximum atomic E-state index is 11.0. The van der Waals surface area contributed by atoms with Crippen LogP contribution in [-0.4, -0.2) is 21.2 Å². The van der Waals surface area contributed by atoms with E-state index in [-0.39, 0.29) is 5.97 Å². The number of hydrogen-bond donors (Lipinski definition) is 0. The van der Waals surface area contributed by atoms with Gasteiger partial charge in [0, 0.05) is 18.6 Å². The Kier molecular flexibility index (Phi) is 4.57. The molecule has 0 unspecified atom stereocenters. The Morgan fingerprint density at radius 2 is 1.89 bits per heavy atom. The van der Waals surface area contributed by atoms with Crippen LogP contribution in [0.5, 0.6) is 11.5 Å². The van der Waals surface area contributed by atoms with Gasteiger partial charge in [0.15, 0.2) is 11.5 Å². The van der Waals surface area contributed by atoms with Crippen molar-refractivity contribution in [3.8, 4) is 23.0 Å². The lowest BCUT2D eigenvalue weighted by Crippen LogP contribution is -2.16. The summed E-state index contributed by atoms with van der Waals surface area (Å²) in [5, 5.41) is 0. The maximum Gasteiger partial charge on any atom is 0.308 e. The minimum atomic E-state index is -1.41. The van der Waals surface area contributed by atoms with Gasteiger partial charge in [-0.25, -0.2) is 0 Å². The lowest BCUT2D eigenvalue weighted by molar-refractivity contribution is -0.132. The van der Waals surface area contributed by atoms with Crippen molar-refractivity contribution < 1.29 is 14.3 Å². The molecule has 1 aromatic carbocycles. The summed E-state index contributed by atoms with van der Waals surface area (Å²) in [5.41, 5.74) is 4.09. The highest BCUT2D eigenvalue weighted by Crippen LogP contribution is 2.27. The second-order valence-electron chi connectivity index (χ2n) is 4.96. The predicted octanol–water partition coefficient (Wildman–Crippen LogP) is 2.85. The van der Waals surface area contributed by atoms with Crippen LogP contribution in [0.1, 0.15) is 12.5 Å². The third kappa shape index (κ3) is 4.64. The zero-order valence-corrected chi connectivity index (χ0v) is 12.5. The second kappa shape index (κ2) is 5.74. The Labute approximate surface area is 109 Å². The fourth-order valence-electron chi connectivity index (χ4n) is 1.25. The Morgan fingerprint density at radius 1 is 1.22 bits per heavy atom. The molecule has 0 amide bonds. The highest BCUT2D eigenvalue weighted by molar-refractivity contribution is 6.83. The molecule has 0 atom stereocenters. The van der Waals surface area contributed by atoms with Gasteiger partial charge in [-0.1, -0.05) is 25.6 Å². The zero-order chi connectivity index (χ0) is 13.8. The van der Waals surface area contributed by atoms with Crippen LogP contribution >= 0.6 is 0 Å². The van der Waals surface area contributed by atoms with E-state index in [1.165, 1.54) is 14.0 Å². The molecule has 0 saturated carbocycles. The molecule has 1 rings (SSSR count). The molecule has 0 N–H and O–H groups in total. The Hall–Kier alpha value is -1.73. The normalized spacial score (nSPS) is 10.3. The Balaban J connectivity index is 3.09. The van der Waals surface area contributed by atoms with Crippen LogP contribution in [0.3, 0.4) is 0 Å². The van der Waals surface area contributed by atoms with Gasteiger partial charge in [0.1, 0.15) is 8.07 Å². The monoisotopic (exact) mass is 262 g/mol. The topological polar surface area (TPSA) is 35.5 Å². The molecule has 0 aliphatic carbocycles. The molecule has 0 aliphatic heterocycles. The average molecular weight is 262 g/mol. The van der Waals surface area contributed by atoms with Crippen LogP contribution in [0, 0.1) is 11.5 Å². The van der Waals surface area contributed by atoms with E-state index < -0.39 is 8.07 Å². The van der Waals surface area contributed by atoms with E-state index >= 15 is 0 Å². The number of rotatable bonds is 2. The van der Waals surface area contributed by atoms with E-state index in [1.807, 2.05) is 6.07 Å². The maximum absolute atomic E-state index is 11.0. The van der Waals surface area contributed by atoms with Crippen molar-refractivity contribution in [2.45, 2.75) is 26.6 Å². The van der Waals surface area contributed by atoms with Gasteiger partial charge in [0.2, 0.25) is 0 Å². The summed E-state index contributed by atoms with van der Waals surface area (Å²) >= 11 is 0. The number of carbonyl (C=O) groups excluding carboxylic acids is 1. The molecule has 0 radical (unpaired) electrons. The molecule has 0 saturated heterocycles. The standard InChI is InChI=1S/C14H18O3Si/c1-11(15)17-14-10-12(6-7-13(14)16-2)8-9-18(3,4)5/h6-7,10H,1-5H3. The summed E-state index contributed by atoms with van der Waals surface area (Å²) in [4.78, 5) is 11.0. The minimum absolute atomic E-state index is 0.372. The fourth-order valence-corrected chi connectivity index (χ4v) is 1.77. The van der Waals surface area contributed by atoms with Gasteiger partial charge in [-0.3, -0.25) is 4.79 Å². The van der Waals surface area contributed by atoms with Gasteiger partial charge in [-0.15, -0.1) is 5.54 Å². The van der Waals surface area contributed by atoms with Gasteiger partial charge >= 0.3 is 5.97 Å². The summed E-state index contributed by atoms with van der Waals surface area (Å²) in [5.74, 6) is 3.68. The number of esters is 1. The van der Waals surface area contributed by atoms with Crippen LogP contribution in [-0.2, 0) is 4.79 Å². The molecule has 0 aromatic heterocycles. The summed E-state index contributed by atoms with van der Waals surface area (Å²) in [6, 6.07) is 5.35. The highest BCUT2D eigenvalue weighted by atomic mass is 28.3. The van der Waals surface area contributed by atoms with Crippen molar-refractivity contribution in [1.29, 1.82) is 0 Å². The number of ether oxygens (including phenoxy) is 2. The number of hydrogen-bond acceptors (Lipinski definition) is 3. The van der Waals surface area contributed by atoms with E-state index in [0.29, 0.717) is 11.5 Å². The number of benzene rings is 1. The Bertz CT molecular complexity index is 504. The molecule has 0 fully saturated rings. The van der Waals surface area contributed by atoms with E-state index in [9.17, 15) is 4.79 Å². The zero-order valence-electron chi connectivity index (χ0n) is 11.5. The molecule has 1 aromatic rings. The Morgan fingerprint density at radius 3 is 2.39 bits per heavy atom. The van der Waals surface area contributed by atoms with Crippen LogP contribution in [0.4, 0.5) is 0 Å². The van der Waals surface area contributed by atoms with Crippen LogP contribution < -0.4 is 9.47 Å².